The maximum Gasteiger partial charge on any atom is 0.167 e. The molecular weight excluding hydrogens is 685 g/mol. The third-order valence-electron chi connectivity index (χ3n) is 11.2. The third-order valence-corrected chi connectivity index (χ3v) is 11.2. The van der Waals surface area contributed by atoms with Gasteiger partial charge in [0, 0.05) is 43.6 Å². The van der Waals surface area contributed by atoms with Crippen molar-refractivity contribution in [2.75, 3.05) is 4.90 Å². The second-order valence-corrected chi connectivity index (χ2v) is 14.3. The number of nitrogens with zero attached hydrogens (tertiary/aromatic N) is 4. The van der Waals surface area contributed by atoms with Crippen LogP contribution in [0.2, 0.25) is 0 Å². The first kappa shape index (κ1) is 30.8. The fourth-order valence-electron chi connectivity index (χ4n) is 8.75. The lowest BCUT2D eigenvalue weighted by Gasteiger charge is -2.35. The standard InChI is InChI=1S/C51H30N4O/c1-2-14-33(15-3-1)49-52-50(54-51(53-49)42-24-12-23-40-37-21-8-9-26-45(37)56-48(40)42)41-29-30-43(36-20-7-6-19-35(36)41)55-44-25-11-17-32-16-10-22-38(46(32)44)39-28-27-31-13-4-5-18-34(31)47(39)55/h1-30H. The minimum Gasteiger partial charge on any atom is -0.455 e. The number of rotatable bonds is 4. The summed E-state index contributed by atoms with van der Waals surface area (Å²) >= 11 is 0. The maximum atomic E-state index is 6.48. The lowest BCUT2D eigenvalue weighted by Crippen LogP contribution is -2.16. The Morgan fingerprint density at radius 1 is 0.357 bits per heavy atom. The van der Waals surface area contributed by atoms with Crippen LogP contribution in [0.25, 0.3) is 99.5 Å². The monoisotopic (exact) mass is 714 g/mol. The van der Waals surface area contributed by atoms with E-state index in [1.165, 1.54) is 38.4 Å². The van der Waals surface area contributed by atoms with Gasteiger partial charge in [-0.25, -0.2) is 15.0 Å². The average molecular weight is 715 g/mol. The highest BCUT2D eigenvalue weighted by Crippen LogP contribution is 2.54. The molecule has 0 saturated heterocycles. The molecule has 0 fully saturated rings. The summed E-state index contributed by atoms with van der Waals surface area (Å²) in [5.74, 6) is 1.76. The van der Waals surface area contributed by atoms with Crippen LogP contribution in [0.3, 0.4) is 0 Å². The van der Waals surface area contributed by atoms with Crippen LogP contribution in [0.5, 0.6) is 0 Å². The Labute approximate surface area is 321 Å². The van der Waals surface area contributed by atoms with Crippen LogP contribution in [-0.2, 0) is 0 Å². The Kier molecular flexibility index (Phi) is 6.56. The Morgan fingerprint density at radius 3 is 1.86 bits per heavy atom. The van der Waals surface area contributed by atoms with E-state index in [0.717, 1.165) is 60.8 Å². The molecule has 5 nitrogen and oxygen atoms in total. The van der Waals surface area contributed by atoms with Crippen LogP contribution >= 0.6 is 0 Å². The number of hydrogen-bond acceptors (Lipinski definition) is 5. The topological polar surface area (TPSA) is 55.1 Å². The van der Waals surface area contributed by atoms with Crippen molar-refractivity contribution in [3.05, 3.63) is 182 Å². The van der Waals surface area contributed by atoms with Crippen molar-refractivity contribution in [2.45, 2.75) is 0 Å². The molecule has 0 bridgehead atoms. The van der Waals surface area contributed by atoms with Crippen LogP contribution < -0.4 is 4.90 Å². The van der Waals surface area contributed by atoms with Crippen molar-refractivity contribution < 1.29 is 4.42 Å². The molecular formula is C51H30N4O. The van der Waals surface area contributed by atoms with Crippen LogP contribution in [-0.4, -0.2) is 15.0 Å². The summed E-state index contributed by atoms with van der Waals surface area (Å²) in [5.41, 5.74) is 10.2. The summed E-state index contributed by atoms with van der Waals surface area (Å²) in [6.45, 7) is 0. The van der Waals surface area contributed by atoms with Gasteiger partial charge in [0.15, 0.2) is 17.5 Å². The third kappa shape index (κ3) is 4.52. The number of furan rings is 1. The summed E-state index contributed by atoms with van der Waals surface area (Å²) in [4.78, 5) is 18.0. The zero-order chi connectivity index (χ0) is 36.7. The van der Waals surface area contributed by atoms with Gasteiger partial charge in [-0.1, -0.05) is 152 Å². The SMILES string of the molecule is c1ccc(-c2nc(-c3ccc(N4c5c(ccc6ccccc56)-c5cccc6cccc4c56)c4ccccc34)nc(-c3cccc4c3oc3ccccc34)n2)cc1. The molecule has 260 valence electrons. The van der Waals surface area contributed by atoms with Crippen molar-refractivity contribution in [1.82, 2.24) is 15.0 Å². The molecule has 0 atom stereocenters. The van der Waals surface area contributed by atoms with E-state index in [0.29, 0.717) is 17.5 Å². The average Bonchev–Trinajstić information content (AvgIpc) is 3.66. The molecule has 5 heteroatoms. The summed E-state index contributed by atoms with van der Waals surface area (Å²) in [6.07, 6.45) is 0. The van der Waals surface area contributed by atoms with Gasteiger partial charge >= 0.3 is 0 Å². The molecule has 0 amide bonds. The van der Waals surface area contributed by atoms with Crippen LogP contribution in [0.1, 0.15) is 0 Å². The Balaban J connectivity index is 1.12. The number of hydrogen-bond donors (Lipinski definition) is 0. The van der Waals surface area contributed by atoms with E-state index in [2.05, 4.69) is 126 Å². The number of aromatic nitrogens is 3. The molecule has 0 aliphatic carbocycles. The van der Waals surface area contributed by atoms with Crippen molar-refractivity contribution in [2.24, 2.45) is 0 Å². The zero-order valence-corrected chi connectivity index (χ0v) is 30.0. The van der Waals surface area contributed by atoms with Gasteiger partial charge in [-0.3, -0.25) is 0 Å². The van der Waals surface area contributed by atoms with Gasteiger partial charge in [-0.2, -0.15) is 0 Å². The van der Waals surface area contributed by atoms with Gasteiger partial charge in [0.2, 0.25) is 0 Å². The molecule has 0 radical (unpaired) electrons. The first-order chi connectivity index (χ1) is 27.8. The number of anilines is 3. The van der Waals surface area contributed by atoms with Crippen LogP contribution in [0, 0.1) is 0 Å². The number of para-hydroxylation sites is 2. The second-order valence-electron chi connectivity index (χ2n) is 14.3. The van der Waals surface area contributed by atoms with E-state index >= 15 is 0 Å². The molecule has 12 rings (SSSR count). The largest absolute Gasteiger partial charge is 0.455 e. The quantitative estimate of drug-likeness (QED) is 0.182. The Morgan fingerprint density at radius 2 is 0.982 bits per heavy atom. The van der Waals surface area contributed by atoms with Gasteiger partial charge < -0.3 is 9.32 Å². The minimum atomic E-state index is 0.561. The Bertz CT molecular complexity index is 3380. The molecule has 3 heterocycles. The molecule has 0 spiro atoms. The van der Waals surface area contributed by atoms with E-state index in [1.807, 2.05) is 60.7 Å². The highest BCUT2D eigenvalue weighted by atomic mass is 16.3. The summed E-state index contributed by atoms with van der Waals surface area (Å²) in [6, 6.07) is 64.0. The molecule has 0 unspecified atom stereocenters. The Hall–Kier alpha value is -7.63. The van der Waals surface area contributed by atoms with Crippen molar-refractivity contribution in [1.29, 1.82) is 0 Å². The fourth-order valence-corrected chi connectivity index (χ4v) is 8.75. The lowest BCUT2D eigenvalue weighted by atomic mass is 9.88. The number of fused-ring (bicyclic) bond motifs is 8. The van der Waals surface area contributed by atoms with Gasteiger partial charge in [0.25, 0.3) is 0 Å². The molecule has 0 N–H and O–H groups in total. The van der Waals surface area contributed by atoms with Crippen molar-refractivity contribution in [3.8, 4) is 45.3 Å². The van der Waals surface area contributed by atoms with E-state index in [1.54, 1.807) is 0 Å². The highest BCUT2D eigenvalue weighted by molar-refractivity contribution is 6.21. The van der Waals surface area contributed by atoms with Gasteiger partial charge in [0.05, 0.1) is 22.6 Å². The lowest BCUT2D eigenvalue weighted by molar-refractivity contribution is 0.669. The van der Waals surface area contributed by atoms with E-state index in [-0.39, 0.29) is 0 Å². The predicted molar refractivity (Wildman–Crippen MR) is 230 cm³/mol. The molecule has 9 aromatic carbocycles. The molecule has 2 aromatic heterocycles. The fraction of sp³-hybridized carbons (Fsp3) is 0. The van der Waals surface area contributed by atoms with Crippen LogP contribution in [0.15, 0.2) is 186 Å². The molecule has 1 aliphatic rings. The predicted octanol–water partition coefficient (Wildman–Crippen LogP) is 13.7. The van der Waals surface area contributed by atoms with Gasteiger partial charge in [-0.15, -0.1) is 0 Å². The molecule has 11 aromatic rings. The second kappa shape index (κ2) is 11.9. The van der Waals surface area contributed by atoms with Gasteiger partial charge in [0.1, 0.15) is 11.2 Å². The zero-order valence-electron chi connectivity index (χ0n) is 30.0. The minimum absolute atomic E-state index is 0.561. The first-order valence-corrected chi connectivity index (χ1v) is 18.9. The van der Waals surface area contributed by atoms with E-state index in [9.17, 15) is 0 Å². The van der Waals surface area contributed by atoms with E-state index in [4.69, 9.17) is 19.4 Å². The van der Waals surface area contributed by atoms with Crippen molar-refractivity contribution >= 4 is 71.3 Å². The van der Waals surface area contributed by atoms with Gasteiger partial charge in [-0.05, 0) is 52.1 Å². The van der Waals surface area contributed by atoms with E-state index < -0.39 is 0 Å². The summed E-state index contributed by atoms with van der Waals surface area (Å²) in [7, 11) is 0. The highest BCUT2D eigenvalue weighted by Gasteiger charge is 2.29. The summed E-state index contributed by atoms with van der Waals surface area (Å²) < 4.78 is 6.48. The molecule has 0 saturated carbocycles. The molecule has 56 heavy (non-hydrogen) atoms. The molecule has 1 aliphatic heterocycles. The smallest absolute Gasteiger partial charge is 0.167 e. The normalized spacial score (nSPS) is 12.2. The van der Waals surface area contributed by atoms with Crippen LogP contribution in [0.4, 0.5) is 17.1 Å². The summed E-state index contributed by atoms with van der Waals surface area (Å²) in [5, 5.41) is 9.12. The number of benzene rings is 9. The van der Waals surface area contributed by atoms with Crippen molar-refractivity contribution in [3.63, 3.8) is 0 Å². The first-order valence-electron chi connectivity index (χ1n) is 18.9. The maximum absolute atomic E-state index is 6.48.